The van der Waals surface area contributed by atoms with Crippen LogP contribution in [-0.2, 0) is 9.47 Å². The van der Waals surface area contributed by atoms with Gasteiger partial charge in [0.25, 0.3) is 5.91 Å². The van der Waals surface area contributed by atoms with Gasteiger partial charge in [-0.1, -0.05) is 41.9 Å². The average molecular weight is 500 g/mol. The van der Waals surface area contributed by atoms with Gasteiger partial charge in [-0.2, -0.15) is 0 Å². The molecule has 2 saturated heterocycles. The Morgan fingerprint density at radius 1 is 1.06 bits per heavy atom. The number of halogens is 1. The number of anilines is 1. The van der Waals surface area contributed by atoms with Crippen molar-refractivity contribution in [1.82, 2.24) is 10.2 Å². The van der Waals surface area contributed by atoms with Crippen molar-refractivity contribution in [3.8, 4) is 0 Å². The van der Waals surface area contributed by atoms with E-state index < -0.39 is 5.60 Å². The van der Waals surface area contributed by atoms with Gasteiger partial charge in [-0.15, -0.1) is 0 Å². The fourth-order valence-corrected chi connectivity index (χ4v) is 4.76. The highest BCUT2D eigenvalue weighted by atomic mass is 35.5. The number of hydrogen-bond donors (Lipinski definition) is 1. The van der Waals surface area contributed by atoms with Gasteiger partial charge < -0.3 is 24.6 Å². The van der Waals surface area contributed by atoms with Gasteiger partial charge in [0, 0.05) is 31.4 Å². The first-order chi connectivity index (χ1) is 16.7. The van der Waals surface area contributed by atoms with Crippen LogP contribution in [0.5, 0.6) is 0 Å². The molecule has 1 N–H and O–H groups in total. The van der Waals surface area contributed by atoms with Gasteiger partial charge in [0.15, 0.2) is 0 Å². The van der Waals surface area contributed by atoms with Crippen LogP contribution in [0.4, 0.5) is 10.5 Å². The second-order valence-corrected chi connectivity index (χ2v) is 10.5. The van der Waals surface area contributed by atoms with Crippen molar-refractivity contribution in [2.45, 2.75) is 51.4 Å². The fraction of sp³-hybridized carbons (Fsp3) is 0.481. The number of carbonyl (C=O) groups excluding carboxylic acids is 2. The number of rotatable bonds is 4. The van der Waals surface area contributed by atoms with Gasteiger partial charge in [0.2, 0.25) is 0 Å². The molecule has 2 aliphatic rings. The zero-order valence-corrected chi connectivity index (χ0v) is 21.4. The van der Waals surface area contributed by atoms with Crippen LogP contribution < -0.4 is 10.2 Å². The maximum absolute atomic E-state index is 13.2. The molecular weight excluding hydrogens is 466 g/mol. The molecule has 2 heterocycles. The Morgan fingerprint density at radius 2 is 1.77 bits per heavy atom. The third-order valence-corrected chi connectivity index (χ3v) is 6.60. The largest absolute Gasteiger partial charge is 0.444 e. The topological polar surface area (TPSA) is 71.1 Å². The molecule has 0 saturated carbocycles. The molecule has 2 aliphatic heterocycles. The van der Waals surface area contributed by atoms with Crippen molar-refractivity contribution in [1.29, 1.82) is 0 Å². The first kappa shape index (κ1) is 25.3. The summed E-state index contributed by atoms with van der Waals surface area (Å²) in [5.41, 5.74) is 2.04. The number of morpholine rings is 1. The van der Waals surface area contributed by atoms with Gasteiger partial charge in [-0.05, 0) is 57.4 Å². The highest BCUT2D eigenvalue weighted by molar-refractivity contribution is 6.34. The van der Waals surface area contributed by atoms with Gasteiger partial charge in [0.1, 0.15) is 11.7 Å². The van der Waals surface area contributed by atoms with E-state index in [1.54, 1.807) is 0 Å². The number of alkyl carbamates (subject to hydrolysis) is 1. The third kappa shape index (κ3) is 6.67. The number of hydrogen-bond acceptors (Lipinski definition) is 5. The summed E-state index contributed by atoms with van der Waals surface area (Å²) in [5, 5.41) is 3.41. The zero-order valence-electron chi connectivity index (χ0n) is 20.6. The van der Waals surface area contributed by atoms with Crippen LogP contribution in [0.25, 0.3) is 0 Å². The fourth-order valence-electron chi connectivity index (χ4n) is 4.50. The number of ether oxygens (including phenoxy) is 2. The molecular formula is C27H34ClN3O4. The first-order valence-corrected chi connectivity index (χ1v) is 12.6. The van der Waals surface area contributed by atoms with Crippen molar-refractivity contribution < 1.29 is 19.1 Å². The standard InChI is InChI=1S/C27H34ClN3O4/c1-27(2,3)35-26(33)29-20-11-13-30(14-12-20)21-9-10-22(23(28)17-21)25(32)31-15-16-34-24(18-31)19-7-5-4-6-8-19/h4-10,17,20,24H,11-16,18H2,1-3H3,(H,29,33). The lowest BCUT2D eigenvalue weighted by Crippen LogP contribution is -2.46. The smallest absolute Gasteiger partial charge is 0.407 e. The molecule has 0 aromatic heterocycles. The van der Waals surface area contributed by atoms with Crippen LogP contribution in [0.2, 0.25) is 5.02 Å². The minimum atomic E-state index is -0.510. The van der Waals surface area contributed by atoms with Crippen molar-refractivity contribution in [2.75, 3.05) is 37.7 Å². The van der Waals surface area contributed by atoms with E-state index in [2.05, 4.69) is 10.2 Å². The van der Waals surface area contributed by atoms with Crippen LogP contribution in [0.15, 0.2) is 48.5 Å². The zero-order chi connectivity index (χ0) is 25.0. The predicted molar refractivity (Wildman–Crippen MR) is 137 cm³/mol. The Balaban J connectivity index is 1.34. The molecule has 0 aliphatic carbocycles. The summed E-state index contributed by atoms with van der Waals surface area (Å²) in [4.78, 5) is 29.3. The normalized spacial score (nSPS) is 19.4. The summed E-state index contributed by atoms with van der Waals surface area (Å²) < 4.78 is 11.3. The number of carbonyl (C=O) groups is 2. The quantitative estimate of drug-likeness (QED) is 0.637. The van der Waals surface area contributed by atoms with E-state index in [1.165, 1.54) is 0 Å². The Morgan fingerprint density at radius 3 is 2.43 bits per heavy atom. The molecule has 0 bridgehead atoms. The Bertz CT molecular complexity index is 1030. The van der Waals surface area contributed by atoms with Crippen molar-refractivity contribution >= 4 is 29.3 Å². The highest BCUT2D eigenvalue weighted by Gasteiger charge is 2.28. The third-order valence-electron chi connectivity index (χ3n) is 6.29. The monoisotopic (exact) mass is 499 g/mol. The molecule has 0 spiro atoms. The summed E-state index contributed by atoms with van der Waals surface area (Å²) in [7, 11) is 0. The van der Waals surface area contributed by atoms with E-state index in [0.717, 1.165) is 37.2 Å². The number of amides is 2. The van der Waals surface area contributed by atoms with Gasteiger partial charge >= 0.3 is 6.09 Å². The highest BCUT2D eigenvalue weighted by Crippen LogP contribution is 2.29. The summed E-state index contributed by atoms with van der Waals surface area (Å²) >= 11 is 6.60. The summed E-state index contributed by atoms with van der Waals surface area (Å²) in [6.45, 7) is 8.67. The Kier molecular flexibility index (Phi) is 7.87. The first-order valence-electron chi connectivity index (χ1n) is 12.2. The van der Waals surface area contributed by atoms with Gasteiger partial charge in [-0.25, -0.2) is 4.79 Å². The van der Waals surface area contributed by atoms with E-state index in [1.807, 2.05) is 74.2 Å². The molecule has 4 rings (SSSR count). The summed E-state index contributed by atoms with van der Waals surface area (Å²) in [6.07, 6.45) is 1.11. The molecule has 8 heteroatoms. The lowest BCUT2D eigenvalue weighted by molar-refractivity contribution is -0.0228. The second-order valence-electron chi connectivity index (χ2n) is 10.1. The lowest BCUT2D eigenvalue weighted by Gasteiger charge is -2.35. The molecule has 188 valence electrons. The molecule has 2 amide bonds. The van der Waals surface area contributed by atoms with Crippen LogP contribution in [0, 0.1) is 0 Å². The maximum Gasteiger partial charge on any atom is 0.407 e. The molecule has 7 nitrogen and oxygen atoms in total. The molecule has 35 heavy (non-hydrogen) atoms. The summed E-state index contributed by atoms with van der Waals surface area (Å²) in [5.74, 6) is -0.0777. The van der Waals surface area contributed by atoms with Crippen molar-refractivity contribution in [2.24, 2.45) is 0 Å². The number of nitrogens with one attached hydrogen (secondary N) is 1. The van der Waals surface area contributed by atoms with Gasteiger partial charge in [-0.3, -0.25) is 4.79 Å². The molecule has 2 aromatic carbocycles. The SMILES string of the molecule is CC(C)(C)OC(=O)NC1CCN(c2ccc(C(=O)N3CCOC(c4ccccc4)C3)c(Cl)c2)CC1. The van der Waals surface area contributed by atoms with Crippen LogP contribution in [-0.4, -0.2) is 61.3 Å². The molecule has 2 fully saturated rings. The average Bonchev–Trinajstić information content (AvgIpc) is 2.83. The van der Waals surface area contributed by atoms with Crippen LogP contribution >= 0.6 is 11.6 Å². The van der Waals surface area contributed by atoms with Gasteiger partial charge in [0.05, 0.1) is 23.7 Å². The van der Waals surface area contributed by atoms with Crippen molar-refractivity contribution in [3.05, 3.63) is 64.7 Å². The number of benzene rings is 2. The predicted octanol–water partition coefficient (Wildman–Crippen LogP) is 5.05. The summed E-state index contributed by atoms with van der Waals surface area (Å²) in [6, 6.07) is 15.7. The molecule has 1 atom stereocenters. The van der Waals surface area contributed by atoms with Crippen LogP contribution in [0.3, 0.4) is 0 Å². The number of nitrogens with zero attached hydrogens (tertiary/aromatic N) is 2. The van der Waals surface area contributed by atoms with Crippen molar-refractivity contribution in [3.63, 3.8) is 0 Å². The second kappa shape index (κ2) is 10.9. The number of piperidine rings is 1. The molecule has 2 aromatic rings. The maximum atomic E-state index is 13.2. The van der Waals surface area contributed by atoms with E-state index in [9.17, 15) is 9.59 Å². The lowest BCUT2D eigenvalue weighted by atomic mass is 10.0. The molecule has 0 radical (unpaired) electrons. The Hall–Kier alpha value is -2.77. The minimum Gasteiger partial charge on any atom is -0.444 e. The Labute approximate surface area is 212 Å². The molecule has 1 unspecified atom stereocenters. The van der Waals surface area contributed by atoms with E-state index >= 15 is 0 Å². The van der Waals surface area contributed by atoms with E-state index in [4.69, 9.17) is 21.1 Å². The van der Waals surface area contributed by atoms with E-state index in [0.29, 0.717) is 30.3 Å². The minimum absolute atomic E-state index is 0.0777. The van der Waals surface area contributed by atoms with Crippen LogP contribution in [0.1, 0.15) is 55.6 Å². The van der Waals surface area contributed by atoms with E-state index in [-0.39, 0.29) is 24.1 Å².